The maximum Gasteiger partial charge on any atom is 0.193 e. The van der Waals surface area contributed by atoms with E-state index in [0.717, 1.165) is 5.76 Å². The Morgan fingerprint density at radius 3 is 3.20 bits per heavy atom. The average molecular weight is 140 g/mol. The third-order valence-corrected chi connectivity index (χ3v) is 1.64. The molecular weight excluding hydrogens is 132 g/mol. The zero-order valence-electron chi connectivity index (χ0n) is 5.41. The van der Waals surface area contributed by atoms with Crippen molar-refractivity contribution in [2.24, 2.45) is 0 Å². The van der Waals surface area contributed by atoms with Crippen molar-refractivity contribution in [3.63, 3.8) is 0 Å². The van der Waals surface area contributed by atoms with Crippen molar-refractivity contribution in [2.45, 2.75) is 12.2 Å². The van der Waals surface area contributed by atoms with Gasteiger partial charge in [0.2, 0.25) is 0 Å². The van der Waals surface area contributed by atoms with Crippen LogP contribution in [0.5, 0.6) is 0 Å². The molecule has 0 aromatic heterocycles. The lowest BCUT2D eigenvalue weighted by atomic mass is 10.1. The van der Waals surface area contributed by atoms with Crippen molar-refractivity contribution < 1.29 is 14.6 Å². The van der Waals surface area contributed by atoms with Gasteiger partial charge in [-0.2, -0.15) is 0 Å². The molecule has 3 aliphatic rings. The summed E-state index contributed by atoms with van der Waals surface area (Å²) < 4.78 is 10.0. The van der Waals surface area contributed by atoms with Crippen LogP contribution in [-0.2, 0) is 9.47 Å². The fourth-order valence-electron chi connectivity index (χ4n) is 1.01. The van der Waals surface area contributed by atoms with Crippen molar-refractivity contribution >= 4 is 0 Å². The minimum absolute atomic E-state index is 0.134. The van der Waals surface area contributed by atoms with Gasteiger partial charge >= 0.3 is 0 Å². The number of ether oxygens (including phenoxy) is 2. The van der Waals surface area contributed by atoms with Gasteiger partial charge in [0.05, 0.1) is 0 Å². The zero-order valence-corrected chi connectivity index (χ0v) is 5.41. The number of allylic oxidation sites excluding steroid dienone is 1. The summed E-state index contributed by atoms with van der Waals surface area (Å²) in [5, 5.41) is 9.46. The Hall–Kier alpha value is -0.800. The third kappa shape index (κ3) is 0.836. The molecule has 2 bridgehead atoms. The van der Waals surface area contributed by atoms with Crippen molar-refractivity contribution in [1.82, 2.24) is 0 Å². The average Bonchev–Trinajstić information content (AvgIpc) is 2.19. The lowest BCUT2D eigenvalue weighted by molar-refractivity contribution is -0.197. The van der Waals surface area contributed by atoms with E-state index in [2.05, 4.69) is 0 Å². The monoisotopic (exact) mass is 140 g/mol. The van der Waals surface area contributed by atoms with Gasteiger partial charge in [0.1, 0.15) is 5.76 Å². The van der Waals surface area contributed by atoms with Crippen LogP contribution in [0.3, 0.4) is 0 Å². The molecule has 1 unspecified atom stereocenters. The van der Waals surface area contributed by atoms with Gasteiger partial charge in [-0.15, -0.1) is 0 Å². The van der Waals surface area contributed by atoms with Gasteiger partial charge in [0.25, 0.3) is 0 Å². The van der Waals surface area contributed by atoms with E-state index in [1.165, 1.54) is 0 Å². The number of fused-ring (bicyclic) bond motifs is 3. The van der Waals surface area contributed by atoms with Crippen LogP contribution in [0, 0.1) is 0 Å². The molecule has 0 radical (unpaired) electrons. The highest BCUT2D eigenvalue weighted by Gasteiger charge is 2.29. The van der Waals surface area contributed by atoms with Gasteiger partial charge in [-0.05, 0) is 18.2 Å². The van der Waals surface area contributed by atoms with E-state index in [0.29, 0.717) is 6.42 Å². The number of rotatable bonds is 0. The highest BCUT2D eigenvalue weighted by atomic mass is 16.7. The first-order chi connectivity index (χ1) is 4.79. The minimum atomic E-state index is -1.11. The predicted octanol–water partition coefficient (Wildman–Crippen LogP) is 0.523. The summed E-state index contributed by atoms with van der Waals surface area (Å²) in [6, 6.07) is 0. The van der Waals surface area contributed by atoms with Crippen LogP contribution in [0.25, 0.3) is 0 Å². The molecule has 0 spiro atoms. The fourth-order valence-corrected chi connectivity index (χ4v) is 1.01. The molecule has 0 amide bonds. The molecule has 1 atom stereocenters. The largest absolute Gasteiger partial charge is 0.468 e. The standard InChI is InChI=1S/C7H8O3/c8-7-3-1-6(2-4-7)9-5-10-7/h1-3,8H,4-5H2. The van der Waals surface area contributed by atoms with Crippen LogP contribution >= 0.6 is 0 Å². The second-order valence-corrected chi connectivity index (χ2v) is 2.40. The Balaban J connectivity index is 2.32. The molecule has 2 heterocycles. The maximum atomic E-state index is 9.46. The topological polar surface area (TPSA) is 38.7 Å². The van der Waals surface area contributed by atoms with Crippen LogP contribution in [0.2, 0.25) is 0 Å². The number of hydrogen-bond acceptors (Lipinski definition) is 3. The molecule has 0 saturated carbocycles. The SMILES string of the molecule is OC12C=CC(=CC1)OCO2. The Morgan fingerprint density at radius 1 is 1.60 bits per heavy atom. The lowest BCUT2D eigenvalue weighted by Crippen LogP contribution is -2.28. The molecular formula is C7H8O3. The zero-order chi connectivity index (χ0) is 7.03. The van der Waals surface area contributed by atoms with Crippen LogP contribution in [0.1, 0.15) is 6.42 Å². The van der Waals surface area contributed by atoms with Crippen molar-refractivity contribution in [1.29, 1.82) is 0 Å². The Kier molecular flexibility index (Phi) is 1.09. The summed E-state index contributed by atoms with van der Waals surface area (Å²) in [4.78, 5) is 0. The molecule has 3 rings (SSSR count). The highest BCUT2D eigenvalue weighted by Crippen LogP contribution is 2.26. The summed E-state index contributed by atoms with van der Waals surface area (Å²) in [6.45, 7) is 0.134. The molecule has 54 valence electrons. The van der Waals surface area contributed by atoms with Gasteiger partial charge in [0.15, 0.2) is 12.6 Å². The molecule has 0 fully saturated rings. The molecule has 0 aromatic rings. The van der Waals surface area contributed by atoms with E-state index >= 15 is 0 Å². The number of aliphatic hydroxyl groups is 1. The van der Waals surface area contributed by atoms with Gasteiger partial charge in [-0.1, -0.05) is 0 Å². The Morgan fingerprint density at radius 2 is 2.50 bits per heavy atom. The van der Waals surface area contributed by atoms with Crippen molar-refractivity contribution in [2.75, 3.05) is 6.79 Å². The molecule has 0 aromatic carbocycles. The molecule has 1 N–H and O–H groups in total. The van der Waals surface area contributed by atoms with Crippen LogP contribution < -0.4 is 0 Å². The number of hydrogen-bond donors (Lipinski definition) is 1. The molecule has 0 saturated heterocycles. The van der Waals surface area contributed by atoms with Gasteiger partial charge in [-0.3, -0.25) is 0 Å². The molecule has 2 aliphatic heterocycles. The normalized spacial score (nSPS) is 36.7. The van der Waals surface area contributed by atoms with Gasteiger partial charge in [0, 0.05) is 6.42 Å². The smallest absolute Gasteiger partial charge is 0.193 e. The summed E-state index contributed by atoms with van der Waals surface area (Å²) in [6.07, 6.45) is 5.62. The lowest BCUT2D eigenvalue weighted by Gasteiger charge is -2.20. The second kappa shape index (κ2) is 1.84. The Bertz CT molecular complexity index is 207. The summed E-state index contributed by atoms with van der Waals surface area (Å²) >= 11 is 0. The maximum absolute atomic E-state index is 9.46. The third-order valence-electron chi connectivity index (χ3n) is 1.64. The molecule has 1 aliphatic carbocycles. The van der Waals surface area contributed by atoms with E-state index in [1.54, 1.807) is 12.2 Å². The van der Waals surface area contributed by atoms with Crippen LogP contribution in [-0.4, -0.2) is 17.7 Å². The molecule has 3 heteroatoms. The molecule has 10 heavy (non-hydrogen) atoms. The predicted molar refractivity (Wildman–Crippen MR) is 33.8 cm³/mol. The minimum Gasteiger partial charge on any atom is -0.468 e. The fraction of sp³-hybridized carbons (Fsp3) is 0.429. The summed E-state index contributed by atoms with van der Waals surface area (Å²) in [7, 11) is 0. The van der Waals surface area contributed by atoms with Crippen molar-refractivity contribution in [3.8, 4) is 0 Å². The van der Waals surface area contributed by atoms with Crippen LogP contribution in [0.15, 0.2) is 24.0 Å². The Labute approximate surface area is 58.6 Å². The van der Waals surface area contributed by atoms with E-state index < -0.39 is 5.79 Å². The summed E-state index contributed by atoms with van der Waals surface area (Å²) in [5.74, 6) is -0.331. The summed E-state index contributed by atoms with van der Waals surface area (Å²) in [5.41, 5.74) is 0. The first-order valence-corrected chi connectivity index (χ1v) is 3.17. The van der Waals surface area contributed by atoms with E-state index in [9.17, 15) is 5.11 Å². The van der Waals surface area contributed by atoms with E-state index in [-0.39, 0.29) is 6.79 Å². The second-order valence-electron chi connectivity index (χ2n) is 2.40. The van der Waals surface area contributed by atoms with Gasteiger partial charge < -0.3 is 14.6 Å². The van der Waals surface area contributed by atoms with E-state index in [4.69, 9.17) is 9.47 Å². The van der Waals surface area contributed by atoms with Gasteiger partial charge in [-0.25, -0.2) is 0 Å². The molecule has 3 nitrogen and oxygen atoms in total. The first kappa shape index (κ1) is 5.95. The van der Waals surface area contributed by atoms with Crippen molar-refractivity contribution in [3.05, 3.63) is 24.0 Å². The van der Waals surface area contributed by atoms with E-state index in [1.807, 2.05) is 6.08 Å². The quantitative estimate of drug-likeness (QED) is 0.533. The van der Waals surface area contributed by atoms with Crippen LogP contribution in [0.4, 0.5) is 0 Å². The highest BCUT2D eigenvalue weighted by molar-refractivity contribution is 5.22. The first-order valence-electron chi connectivity index (χ1n) is 3.17.